The van der Waals surface area contributed by atoms with Gasteiger partial charge in [-0.2, -0.15) is 18.3 Å². The number of rotatable bonds is 6. The molecule has 0 N–H and O–H groups in total. The van der Waals surface area contributed by atoms with Crippen LogP contribution in [-0.4, -0.2) is 45.4 Å². The van der Waals surface area contributed by atoms with E-state index in [0.29, 0.717) is 5.01 Å². The van der Waals surface area contributed by atoms with Gasteiger partial charge in [0.1, 0.15) is 16.8 Å². The van der Waals surface area contributed by atoms with Gasteiger partial charge < -0.3 is 14.4 Å². The summed E-state index contributed by atoms with van der Waals surface area (Å²) >= 11 is 1.10. The Morgan fingerprint density at radius 2 is 2.15 bits per heavy atom. The van der Waals surface area contributed by atoms with E-state index in [0.717, 1.165) is 11.3 Å². The third kappa shape index (κ3) is 3.90. The monoisotopic (exact) mass is 398 g/mol. The molecule has 0 aromatic carbocycles. The van der Waals surface area contributed by atoms with Crippen molar-refractivity contribution in [3.8, 4) is 0 Å². The molecule has 0 radical (unpaired) electrons. The summed E-state index contributed by atoms with van der Waals surface area (Å²) in [7, 11) is 1.47. The molecule has 1 fully saturated rings. The van der Waals surface area contributed by atoms with Crippen molar-refractivity contribution in [2.24, 2.45) is 0 Å². The zero-order valence-electron chi connectivity index (χ0n) is 13.6. The fourth-order valence-electron chi connectivity index (χ4n) is 2.70. The van der Waals surface area contributed by atoms with Crippen molar-refractivity contribution in [1.82, 2.24) is 19.5 Å². The molecule has 0 spiro atoms. The largest absolute Gasteiger partial charge is 0.474 e. The minimum absolute atomic E-state index is 0.00163. The third-order valence-electron chi connectivity index (χ3n) is 3.72. The number of halogens is 5. The van der Waals surface area contributed by atoms with Gasteiger partial charge in [-0.1, -0.05) is 11.3 Å². The van der Waals surface area contributed by atoms with Crippen LogP contribution >= 0.6 is 11.3 Å². The van der Waals surface area contributed by atoms with E-state index in [4.69, 9.17) is 9.47 Å². The maximum absolute atomic E-state index is 13.3. The lowest BCUT2D eigenvalue weighted by Gasteiger charge is -2.16. The number of imidazole rings is 1. The van der Waals surface area contributed by atoms with Crippen LogP contribution in [0.4, 0.5) is 22.0 Å². The lowest BCUT2D eigenvalue weighted by Crippen LogP contribution is -2.26. The lowest BCUT2D eigenvalue weighted by molar-refractivity contribution is -0.151. The van der Waals surface area contributed by atoms with E-state index in [1.54, 1.807) is 0 Å². The molecule has 0 aliphatic carbocycles. The number of fused-ring (bicyclic) bond motifs is 1. The fourth-order valence-corrected chi connectivity index (χ4v) is 3.59. The number of aromatic nitrogens is 3. The Labute approximate surface area is 148 Å². The van der Waals surface area contributed by atoms with Gasteiger partial charge in [-0.15, -0.1) is 0 Å². The van der Waals surface area contributed by atoms with E-state index in [2.05, 4.69) is 16.7 Å². The maximum Gasteiger partial charge on any atom is 0.392 e. The number of ether oxygens (including phenoxy) is 2. The molecule has 26 heavy (non-hydrogen) atoms. The molecule has 144 valence electrons. The Balaban J connectivity index is 1.85. The number of methoxy groups -OCH3 is 1. The minimum Gasteiger partial charge on any atom is -0.474 e. The molecule has 3 heterocycles. The number of nitrogens with zero attached hydrogens (tertiary/aromatic N) is 4. The van der Waals surface area contributed by atoms with Gasteiger partial charge in [0.25, 0.3) is 6.43 Å². The standard InChI is InChI=1S/C14H15F5N4O2S/c1-7-22(4-8(25-7)3-14(17,18)19)5-9-11(12(15)16)20-13-23(9)21-10(26-13)6-24-2/h8,12H,1,3-6H2,2H3. The van der Waals surface area contributed by atoms with Crippen LogP contribution in [0.15, 0.2) is 12.5 Å². The van der Waals surface area contributed by atoms with Crippen LogP contribution in [0, 0.1) is 0 Å². The Kier molecular flexibility index (Phi) is 5.06. The molecule has 0 saturated carbocycles. The van der Waals surface area contributed by atoms with Crippen molar-refractivity contribution in [3.63, 3.8) is 0 Å². The first kappa shape index (κ1) is 18.8. The molecular formula is C14H15F5N4O2S. The third-order valence-corrected chi connectivity index (χ3v) is 4.60. The van der Waals surface area contributed by atoms with Gasteiger partial charge in [-0.05, 0) is 6.58 Å². The fraction of sp³-hybridized carbons (Fsp3) is 0.571. The zero-order valence-corrected chi connectivity index (χ0v) is 14.4. The first-order chi connectivity index (χ1) is 12.2. The summed E-state index contributed by atoms with van der Waals surface area (Å²) in [6.45, 7) is 3.52. The van der Waals surface area contributed by atoms with Crippen molar-refractivity contribution in [2.75, 3.05) is 13.7 Å². The highest BCUT2D eigenvalue weighted by atomic mass is 32.1. The van der Waals surface area contributed by atoms with Crippen molar-refractivity contribution in [1.29, 1.82) is 0 Å². The van der Waals surface area contributed by atoms with Gasteiger partial charge in [0.05, 0.1) is 31.8 Å². The molecule has 0 bridgehead atoms. The quantitative estimate of drug-likeness (QED) is 0.698. The molecule has 2 aromatic heterocycles. The maximum atomic E-state index is 13.3. The first-order valence-electron chi connectivity index (χ1n) is 7.49. The van der Waals surface area contributed by atoms with Crippen LogP contribution in [0.5, 0.6) is 0 Å². The van der Waals surface area contributed by atoms with Crippen molar-refractivity contribution in [2.45, 2.75) is 38.3 Å². The van der Waals surface area contributed by atoms with E-state index in [1.165, 1.54) is 16.5 Å². The molecule has 3 rings (SSSR count). The summed E-state index contributed by atoms with van der Waals surface area (Å²) in [4.78, 5) is 5.54. The molecule has 0 amide bonds. The molecule has 1 aliphatic heterocycles. The molecular weight excluding hydrogens is 383 g/mol. The van der Waals surface area contributed by atoms with Crippen molar-refractivity contribution >= 4 is 16.3 Å². The van der Waals surface area contributed by atoms with Gasteiger partial charge in [0.2, 0.25) is 4.96 Å². The van der Waals surface area contributed by atoms with E-state index in [9.17, 15) is 22.0 Å². The van der Waals surface area contributed by atoms with Gasteiger partial charge in [0.15, 0.2) is 5.88 Å². The summed E-state index contributed by atoms with van der Waals surface area (Å²) in [6.07, 6.45) is -9.49. The van der Waals surface area contributed by atoms with Crippen LogP contribution in [-0.2, 0) is 22.6 Å². The Hall–Kier alpha value is -1.95. The number of hydrogen-bond donors (Lipinski definition) is 0. The van der Waals surface area contributed by atoms with Crippen LogP contribution in [0.1, 0.15) is 29.2 Å². The summed E-state index contributed by atoms with van der Waals surface area (Å²) in [5.74, 6) is 0.00163. The second kappa shape index (κ2) is 6.99. The smallest absolute Gasteiger partial charge is 0.392 e. The average molecular weight is 398 g/mol. The first-order valence-corrected chi connectivity index (χ1v) is 8.31. The SMILES string of the molecule is C=C1OC(CC(F)(F)F)CN1Cc1c(C(F)F)nc2sc(COC)nn12. The Morgan fingerprint density at radius 1 is 1.42 bits per heavy atom. The van der Waals surface area contributed by atoms with Crippen LogP contribution < -0.4 is 0 Å². The summed E-state index contributed by atoms with van der Waals surface area (Å²) in [5.41, 5.74) is -0.370. The van der Waals surface area contributed by atoms with Crippen LogP contribution in [0.3, 0.4) is 0 Å². The van der Waals surface area contributed by atoms with Gasteiger partial charge in [-0.25, -0.2) is 18.3 Å². The molecule has 6 nitrogen and oxygen atoms in total. The predicted octanol–water partition coefficient (Wildman–Crippen LogP) is 3.50. The molecule has 1 aliphatic rings. The minimum atomic E-state index is -4.39. The van der Waals surface area contributed by atoms with Gasteiger partial charge in [-0.3, -0.25) is 0 Å². The molecule has 2 aromatic rings. The molecule has 1 unspecified atom stereocenters. The Bertz CT molecular complexity index is 803. The van der Waals surface area contributed by atoms with Gasteiger partial charge in [0, 0.05) is 7.11 Å². The summed E-state index contributed by atoms with van der Waals surface area (Å²) < 4.78 is 75.6. The second-order valence-electron chi connectivity index (χ2n) is 5.70. The summed E-state index contributed by atoms with van der Waals surface area (Å²) in [5, 5.41) is 4.73. The van der Waals surface area contributed by atoms with Crippen LogP contribution in [0.25, 0.3) is 4.96 Å². The second-order valence-corrected chi connectivity index (χ2v) is 6.74. The highest BCUT2D eigenvalue weighted by molar-refractivity contribution is 7.16. The topological polar surface area (TPSA) is 51.9 Å². The van der Waals surface area contributed by atoms with E-state index in [1.807, 2.05) is 0 Å². The highest BCUT2D eigenvalue weighted by Gasteiger charge is 2.38. The van der Waals surface area contributed by atoms with E-state index < -0.39 is 30.8 Å². The van der Waals surface area contributed by atoms with E-state index >= 15 is 0 Å². The van der Waals surface area contributed by atoms with Crippen LogP contribution in [0.2, 0.25) is 0 Å². The zero-order chi connectivity index (χ0) is 19.1. The van der Waals surface area contributed by atoms with Crippen molar-refractivity contribution < 1.29 is 31.4 Å². The highest BCUT2D eigenvalue weighted by Crippen LogP contribution is 2.32. The molecule has 1 saturated heterocycles. The van der Waals surface area contributed by atoms with E-state index in [-0.39, 0.29) is 36.2 Å². The molecule has 12 heteroatoms. The predicted molar refractivity (Wildman–Crippen MR) is 81.6 cm³/mol. The Morgan fingerprint density at radius 3 is 2.77 bits per heavy atom. The number of alkyl halides is 5. The molecule has 1 atom stereocenters. The van der Waals surface area contributed by atoms with Crippen molar-refractivity contribution in [3.05, 3.63) is 28.9 Å². The summed E-state index contributed by atoms with van der Waals surface area (Å²) in [6, 6.07) is 0. The lowest BCUT2D eigenvalue weighted by atomic mass is 10.2. The number of hydrogen-bond acceptors (Lipinski definition) is 6. The normalized spacial score (nSPS) is 18.3. The average Bonchev–Trinajstić information content (AvgIpc) is 3.13. The van der Waals surface area contributed by atoms with Gasteiger partial charge >= 0.3 is 6.18 Å².